The quantitative estimate of drug-likeness (QED) is 0.629. The molecule has 0 aliphatic carbocycles. The lowest BCUT2D eigenvalue weighted by atomic mass is 10.2. The Morgan fingerprint density at radius 2 is 2.33 bits per heavy atom. The van der Waals surface area contributed by atoms with Crippen LogP contribution in [0, 0.1) is 0 Å². The Morgan fingerprint density at radius 3 is 2.87 bits per heavy atom. The number of nitrogens with one attached hydrogen (secondary N) is 1. The van der Waals surface area contributed by atoms with E-state index in [0.717, 1.165) is 4.31 Å². The molecule has 1 unspecified atom stereocenters. The highest BCUT2D eigenvalue weighted by atomic mass is 32.2. The molecule has 1 saturated heterocycles. The van der Waals surface area contributed by atoms with Crippen molar-refractivity contribution in [2.75, 3.05) is 26.8 Å². The van der Waals surface area contributed by atoms with E-state index < -0.39 is 22.2 Å². The molecule has 0 bridgehead atoms. The zero-order valence-electron chi connectivity index (χ0n) is 8.34. The van der Waals surface area contributed by atoms with Gasteiger partial charge in [-0.25, -0.2) is 4.72 Å². The molecule has 0 aromatic carbocycles. The van der Waals surface area contributed by atoms with Gasteiger partial charge in [-0.15, -0.1) is 0 Å². The molecule has 1 atom stereocenters. The molecule has 1 rings (SSSR count). The number of nitrogens with zero attached hydrogens (tertiary/aromatic N) is 1. The standard InChI is InChI=1S/C7H14N2O5S/c1-8-15(12,13)9-2-3-14-5-6(9)4-7(10)11/h6,8H,2-5H2,1H3,(H,10,11). The lowest BCUT2D eigenvalue weighted by Crippen LogP contribution is -2.52. The fourth-order valence-electron chi connectivity index (χ4n) is 1.44. The van der Waals surface area contributed by atoms with Gasteiger partial charge in [0.25, 0.3) is 10.2 Å². The zero-order valence-corrected chi connectivity index (χ0v) is 9.16. The molecule has 0 amide bonds. The van der Waals surface area contributed by atoms with Gasteiger partial charge in [0.1, 0.15) is 0 Å². The number of carboxylic acid groups (broad SMARTS) is 1. The van der Waals surface area contributed by atoms with E-state index in [9.17, 15) is 13.2 Å². The normalized spacial score (nSPS) is 23.9. The van der Waals surface area contributed by atoms with E-state index in [1.54, 1.807) is 0 Å². The number of carboxylic acids is 1. The largest absolute Gasteiger partial charge is 0.481 e. The second kappa shape index (κ2) is 4.88. The lowest BCUT2D eigenvalue weighted by Gasteiger charge is -2.33. The van der Waals surface area contributed by atoms with Gasteiger partial charge in [0.05, 0.1) is 25.7 Å². The van der Waals surface area contributed by atoms with Crippen LogP contribution < -0.4 is 4.72 Å². The zero-order chi connectivity index (χ0) is 11.5. The third kappa shape index (κ3) is 3.13. The Morgan fingerprint density at radius 1 is 1.67 bits per heavy atom. The van der Waals surface area contributed by atoms with E-state index in [0.29, 0.717) is 0 Å². The smallest absolute Gasteiger partial charge is 0.305 e. The highest BCUT2D eigenvalue weighted by molar-refractivity contribution is 7.87. The summed E-state index contributed by atoms with van der Waals surface area (Å²) >= 11 is 0. The van der Waals surface area contributed by atoms with Gasteiger partial charge in [0, 0.05) is 13.6 Å². The fraction of sp³-hybridized carbons (Fsp3) is 0.857. The first kappa shape index (κ1) is 12.4. The summed E-state index contributed by atoms with van der Waals surface area (Å²) in [5.41, 5.74) is 0. The van der Waals surface area contributed by atoms with Crippen LogP contribution in [0.4, 0.5) is 0 Å². The van der Waals surface area contributed by atoms with Crippen LogP contribution in [0.2, 0.25) is 0 Å². The van der Waals surface area contributed by atoms with Crippen LogP contribution in [-0.4, -0.2) is 56.6 Å². The first-order chi connectivity index (χ1) is 6.97. The van der Waals surface area contributed by atoms with Crippen molar-refractivity contribution < 1.29 is 23.1 Å². The molecular weight excluding hydrogens is 224 g/mol. The minimum Gasteiger partial charge on any atom is -0.481 e. The minimum absolute atomic E-state index is 0.118. The molecule has 2 N–H and O–H groups in total. The number of hydrogen-bond donors (Lipinski definition) is 2. The van der Waals surface area contributed by atoms with Crippen molar-refractivity contribution in [3.8, 4) is 0 Å². The topological polar surface area (TPSA) is 95.9 Å². The summed E-state index contributed by atoms with van der Waals surface area (Å²) in [6.07, 6.45) is -0.249. The molecule has 0 aromatic rings. The van der Waals surface area contributed by atoms with Crippen molar-refractivity contribution in [2.45, 2.75) is 12.5 Å². The van der Waals surface area contributed by atoms with Crippen LogP contribution in [-0.2, 0) is 19.7 Å². The van der Waals surface area contributed by atoms with Crippen LogP contribution >= 0.6 is 0 Å². The van der Waals surface area contributed by atoms with Gasteiger partial charge >= 0.3 is 5.97 Å². The summed E-state index contributed by atoms with van der Waals surface area (Å²) in [6.45, 7) is 0.589. The van der Waals surface area contributed by atoms with E-state index in [1.165, 1.54) is 7.05 Å². The lowest BCUT2D eigenvalue weighted by molar-refractivity contribution is -0.139. The number of aliphatic carboxylic acids is 1. The SMILES string of the molecule is CNS(=O)(=O)N1CCOCC1CC(=O)O. The van der Waals surface area contributed by atoms with Gasteiger partial charge in [-0.05, 0) is 0 Å². The number of hydrogen-bond acceptors (Lipinski definition) is 4. The summed E-state index contributed by atoms with van der Waals surface area (Å²) in [7, 11) is -2.28. The number of carbonyl (C=O) groups is 1. The third-order valence-electron chi connectivity index (χ3n) is 2.15. The monoisotopic (exact) mass is 238 g/mol. The fourth-order valence-corrected chi connectivity index (χ4v) is 2.51. The average Bonchev–Trinajstić information content (AvgIpc) is 2.17. The molecule has 0 saturated carbocycles. The average molecular weight is 238 g/mol. The second-order valence-corrected chi connectivity index (χ2v) is 4.97. The molecule has 0 radical (unpaired) electrons. The van der Waals surface area contributed by atoms with Gasteiger partial charge < -0.3 is 9.84 Å². The van der Waals surface area contributed by atoms with Gasteiger partial charge in [0.2, 0.25) is 0 Å². The molecule has 88 valence electrons. The highest BCUT2D eigenvalue weighted by Gasteiger charge is 2.33. The summed E-state index contributed by atoms with van der Waals surface area (Å²) in [6, 6.07) is -0.631. The van der Waals surface area contributed by atoms with E-state index >= 15 is 0 Å². The molecule has 1 aliphatic rings. The number of morpholine rings is 1. The van der Waals surface area contributed by atoms with Gasteiger partial charge in [0.15, 0.2) is 0 Å². The predicted octanol–water partition coefficient (Wildman–Crippen LogP) is -1.37. The molecular formula is C7H14N2O5S. The van der Waals surface area contributed by atoms with Crippen LogP contribution in [0.5, 0.6) is 0 Å². The minimum atomic E-state index is -3.58. The van der Waals surface area contributed by atoms with E-state index in [2.05, 4.69) is 4.72 Å². The van der Waals surface area contributed by atoms with E-state index in [4.69, 9.17) is 9.84 Å². The Balaban J connectivity index is 2.78. The van der Waals surface area contributed by atoms with Crippen LogP contribution in [0.15, 0.2) is 0 Å². The third-order valence-corrected chi connectivity index (χ3v) is 3.76. The van der Waals surface area contributed by atoms with Crippen LogP contribution in [0.3, 0.4) is 0 Å². The van der Waals surface area contributed by atoms with Crippen LogP contribution in [0.1, 0.15) is 6.42 Å². The first-order valence-electron chi connectivity index (χ1n) is 4.47. The maximum atomic E-state index is 11.5. The molecule has 0 aromatic heterocycles. The van der Waals surface area contributed by atoms with Gasteiger partial charge in [-0.2, -0.15) is 12.7 Å². The Kier molecular flexibility index (Phi) is 4.03. The first-order valence-corrected chi connectivity index (χ1v) is 5.91. The number of ether oxygens (including phenoxy) is 1. The van der Waals surface area contributed by atoms with Crippen molar-refractivity contribution in [3.05, 3.63) is 0 Å². The van der Waals surface area contributed by atoms with Gasteiger partial charge in [-0.3, -0.25) is 4.79 Å². The maximum absolute atomic E-state index is 11.5. The predicted molar refractivity (Wildman–Crippen MR) is 51.5 cm³/mol. The Bertz CT molecular complexity index is 328. The molecule has 0 spiro atoms. The molecule has 1 fully saturated rings. The van der Waals surface area contributed by atoms with E-state index in [1.807, 2.05) is 0 Å². The molecule has 15 heavy (non-hydrogen) atoms. The van der Waals surface area contributed by atoms with E-state index in [-0.39, 0.29) is 26.2 Å². The van der Waals surface area contributed by atoms with Crippen molar-refractivity contribution >= 4 is 16.2 Å². The highest BCUT2D eigenvalue weighted by Crippen LogP contribution is 2.13. The summed E-state index contributed by atoms with van der Waals surface area (Å²) < 4.78 is 31.4. The summed E-state index contributed by atoms with van der Waals surface area (Å²) in [4.78, 5) is 10.5. The summed E-state index contributed by atoms with van der Waals surface area (Å²) in [5.74, 6) is -1.04. The van der Waals surface area contributed by atoms with Crippen molar-refractivity contribution in [3.63, 3.8) is 0 Å². The maximum Gasteiger partial charge on any atom is 0.305 e. The molecule has 1 aliphatic heterocycles. The molecule has 7 nitrogen and oxygen atoms in total. The number of rotatable bonds is 4. The molecule has 1 heterocycles. The molecule has 8 heteroatoms. The van der Waals surface area contributed by atoms with Crippen molar-refractivity contribution in [1.82, 2.24) is 9.03 Å². The second-order valence-electron chi connectivity index (χ2n) is 3.15. The Labute approximate surface area is 88.2 Å². The van der Waals surface area contributed by atoms with Crippen LogP contribution in [0.25, 0.3) is 0 Å². The van der Waals surface area contributed by atoms with Crippen molar-refractivity contribution in [2.24, 2.45) is 0 Å². The Hall–Kier alpha value is -0.700. The van der Waals surface area contributed by atoms with Crippen molar-refractivity contribution in [1.29, 1.82) is 0 Å². The summed E-state index contributed by atoms with van der Waals surface area (Å²) in [5, 5.41) is 8.62. The van der Waals surface area contributed by atoms with Gasteiger partial charge in [-0.1, -0.05) is 0 Å².